The van der Waals surface area contributed by atoms with Gasteiger partial charge in [-0.3, -0.25) is 19.4 Å². The number of hydrogen-bond acceptors (Lipinski definition) is 6. The molecule has 2 heterocycles. The molecule has 1 aliphatic heterocycles. The lowest BCUT2D eigenvalue weighted by Gasteiger charge is -2.23. The largest absolute Gasteiger partial charge is 0.497 e. The van der Waals surface area contributed by atoms with Crippen molar-refractivity contribution in [1.29, 1.82) is 0 Å². The van der Waals surface area contributed by atoms with Crippen LogP contribution in [0.15, 0.2) is 47.3 Å². The van der Waals surface area contributed by atoms with Crippen LogP contribution in [0.25, 0.3) is 0 Å². The van der Waals surface area contributed by atoms with Crippen molar-refractivity contribution in [3.8, 4) is 5.75 Å². The summed E-state index contributed by atoms with van der Waals surface area (Å²) in [6.45, 7) is 1.85. The van der Waals surface area contributed by atoms with Gasteiger partial charge in [0.05, 0.1) is 18.6 Å². The Morgan fingerprint density at radius 1 is 1.16 bits per heavy atom. The summed E-state index contributed by atoms with van der Waals surface area (Å²) in [7, 11) is 1.56. The molecule has 164 valence electrons. The quantitative estimate of drug-likeness (QED) is 0.468. The van der Waals surface area contributed by atoms with Crippen molar-refractivity contribution in [2.75, 3.05) is 23.1 Å². The van der Waals surface area contributed by atoms with Gasteiger partial charge in [0.15, 0.2) is 0 Å². The van der Waals surface area contributed by atoms with Gasteiger partial charge < -0.3 is 20.7 Å². The van der Waals surface area contributed by atoms with Gasteiger partial charge in [0, 0.05) is 22.8 Å². The number of nitrogens with zero attached hydrogens (tertiary/aromatic N) is 1. The van der Waals surface area contributed by atoms with Crippen LogP contribution in [0.3, 0.4) is 0 Å². The third kappa shape index (κ3) is 4.42. The van der Waals surface area contributed by atoms with E-state index in [9.17, 15) is 14.4 Å². The Bertz CT molecular complexity index is 1260. The fraction of sp³-hybridized carbons (Fsp3) is 0.182. The van der Waals surface area contributed by atoms with E-state index in [0.717, 1.165) is 5.56 Å². The van der Waals surface area contributed by atoms with Crippen molar-refractivity contribution in [3.63, 3.8) is 0 Å². The van der Waals surface area contributed by atoms with Crippen LogP contribution in [0.5, 0.6) is 5.75 Å². The van der Waals surface area contributed by atoms with E-state index in [4.69, 9.17) is 16.3 Å². The van der Waals surface area contributed by atoms with E-state index >= 15 is 0 Å². The van der Waals surface area contributed by atoms with Crippen LogP contribution in [0.1, 0.15) is 23.5 Å². The number of halogens is 1. The molecule has 0 unspecified atom stereocenters. The topological polar surface area (TPSA) is 125 Å². The first-order valence-electron chi connectivity index (χ1n) is 9.76. The number of fused-ring (bicyclic) bond motifs is 1. The Labute approximate surface area is 188 Å². The fourth-order valence-corrected chi connectivity index (χ4v) is 3.55. The fourth-order valence-electron chi connectivity index (χ4n) is 3.37. The summed E-state index contributed by atoms with van der Waals surface area (Å²) in [6.07, 6.45) is -0.172. The second-order valence-corrected chi connectivity index (χ2v) is 7.70. The van der Waals surface area contributed by atoms with Gasteiger partial charge in [-0.2, -0.15) is 4.98 Å². The predicted octanol–water partition coefficient (Wildman–Crippen LogP) is 3.55. The zero-order valence-electron chi connectivity index (χ0n) is 17.3. The number of rotatable bonds is 5. The molecule has 1 aliphatic rings. The van der Waals surface area contributed by atoms with Crippen molar-refractivity contribution in [1.82, 2.24) is 9.97 Å². The van der Waals surface area contributed by atoms with Crippen LogP contribution in [0.4, 0.5) is 23.1 Å². The van der Waals surface area contributed by atoms with Crippen molar-refractivity contribution in [3.05, 3.63) is 69.0 Å². The summed E-state index contributed by atoms with van der Waals surface area (Å²) < 4.78 is 5.12. The highest BCUT2D eigenvalue weighted by molar-refractivity contribution is 6.31. The summed E-state index contributed by atoms with van der Waals surface area (Å²) in [6, 6.07) is 12.1. The lowest BCUT2D eigenvalue weighted by Crippen LogP contribution is -2.36. The number of carbonyl (C=O) groups is 2. The third-order valence-electron chi connectivity index (χ3n) is 5.06. The lowest BCUT2D eigenvalue weighted by atomic mass is 9.92. The van der Waals surface area contributed by atoms with E-state index in [1.807, 2.05) is 6.92 Å². The molecule has 0 aliphatic carbocycles. The van der Waals surface area contributed by atoms with Crippen LogP contribution < -0.4 is 26.2 Å². The molecule has 0 bridgehead atoms. The molecule has 32 heavy (non-hydrogen) atoms. The molecule has 0 saturated carbocycles. The van der Waals surface area contributed by atoms with Gasteiger partial charge in [-0.1, -0.05) is 17.7 Å². The smallest absolute Gasteiger partial charge is 0.258 e. The van der Waals surface area contributed by atoms with Gasteiger partial charge in [0.25, 0.3) is 5.56 Å². The molecule has 0 spiro atoms. The van der Waals surface area contributed by atoms with Gasteiger partial charge in [-0.25, -0.2) is 0 Å². The standard InChI is InChI=1S/C22H20ClN5O4/c1-11-3-4-13(9-16(11)23)24-20(30)15-10-17(29)26-19-18(15)21(31)28-22(27-19)25-12-5-7-14(32-2)8-6-12/h3-9,15H,10H2,1-2H3,(H,24,30)(H3,25,26,27,28,29,31)/t15-/m0/s1. The molecular weight excluding hydrogens is 434 g/mol. The number of aromatic amines is 1. The zero-order chi connectivity index (χ0) is 22.8. The minimum atomic E-state index is -0.995. The van der Waals surface area contributed by atoms with Crippen molar-refractivity contribution in [2.24, 2.45) is 0 Å². The summed E-state index contributed by atoms with van der Waals surface area (Å²) in [5.41, 5.74) is 1.57. The first-order chi connectivity index (χ1) is 15.3. The summed E-state index contributed by atoms with van der Waals surface area (Å²) in [5, 5.41) is 8.77. The monoisotopic (exact) mass is 453 g/mol. The van der Waals surface area contributed by atoms with Gasteiger partial charge >= 0.3 is 0 Å². The van der Waals surface area contributed by atoms with E-state index in [-0.39, 0.29) is 23.8 Å². The van der Waals surface area contributed by atoms with Crippen LogP contribution >= 0.6 is 11.6 Å². The molecule has 2 aromatic carbocycles. The number of ether oxygens (including phenoxy) is 1. The number of aromatic nitrogens is 2. The van der Waals surface area contributed by atoms with E-state index in [2.05, 4.69) is 25.9 Å². The van der Waals surface area contributed by atoms with Gasteiger partial charge in [-0.15, -0.1) is 0 Å². The third-order valence-corrected chi connectivity index (χ3v) is 5.47. The van der Waals surface area contributed by atoms with Crippen molar-refractivity contribution >= 4 is 46.6 Å². The number of H-pyrrole nitrogens is 1. The predicted molar refractivity (Wildman–Crippen MR) is 122 cm³/mol. The second kappa shape index (κ2) is 8.72. The molecule has 1 atom stereocenters. The van der Waals surface area contributed by atoms with Crippen LogP contribution in [-0.2, 0) is 9.59 Å². The molecule has 4 rings (SSSR count). The highest BCUT2D eigenvalue weighted by Crippen LogP contribution is 2.31. The Morgan fingerprint density at radius 2 is 1.88 bits per heavy atom. The van der Waals surface area contributed by atoms with Crippen molar-refractivity contribution in [2.45, 2.75) is 19.3 Å². The van der Waals surface area contributed by atoms with Gasteiger partial charge in [0.2, 0.25) is 17.8 Å². The van der Waals surface area contributed by atoms with E-state index in [0.29, 0.717) is 22.1 Å². The van der Waals surface area contributed by atoms with Gasteiger partial charge in [-0.05, 0) is 48.9 Å². The van der Waals surface area contributed by atoms with Crippen LogP contribution in [0.2, 0.25) is 5.02 Å². The highest BCUT2D eigenvalue weighted by atomic mass is 35.5. The molecule has 3 aromatic rings. The maximum atomic E-state index is 12.9. The summed E-state index contributed by atoms with van der Waals surface area (Å²) in [5.74, 6) is -1.05. The maximum absolute atomic E-state index is 12.9. The van der Waals surface area contributed by atoms with E-state index < -0.39 is 23.3 Å². The molecule has 0 saturated heterocycles. The summed E-state index contributed by atoms with van der Waals surface area (Å²) >= 11 is 6.12. The minimum absolute atomic E-state index is 0.0445. The number of nitrogens with one attached hydrogen (secondary N) is 4. The minimum Gasteiger partial charge on any atom is -0.497 e. The SMILES string of the molecule is COc1ccc(Nc2nc3c(c(=O)[nH]2)[C@@H](C(=O)Nc2ccc(C)c(Cl)c2)CC(=O)N3)cc1. The van der Waals surface area contributed by atoms with Crippen molar-refractivity contribution < 1.29 is 14.3 Å². The second-order valence-electron chi connectivity index (χ2n) is 7.29. The molecule has 2 amide bonds. The molecule has 9 nitrogen and oxygen atoms in total. The first-order valence-corrected chi connectivity index (χ1v) is 10.1. The number of hydrogen-bond donors (Lipinski definition) is 4. The maximum Gasteiger partial charge on any atom is 0.258 e. The molecule has 0 radical (unpaired) electrons. The number of carbonyl (C=O) groups excluding carboxylic acids is 2. The lowest BCUT2D eigenvalue weighted by molar-refractivity contribution is -0.123. The van der Waals surface area contributed by atoms with Gasteiger partial charge in [0.1, 0.15) is 11.6 Å². The molecule has 1 aromatic heterocycles. The average molecular weight is 454 g/mol. The molecule has 4 N–H and O–H groups in total. The number of aryl methyl sites for hydroxylation is 1. The number of benzene rings is 2. The zero-order valence-corrected chi connectivity index (χ0v) is 18.0. The Morgan fingerprint density at radius 3 is 2.56 bits per heavy atom. The normalized spacial score (nSPS) is 14.8. The highest BCUT2D eigenvalue weighted by Gasteiger charge is 2.34. The Hall–Kier alpha value is -3.85. The molecule has 0 fully saturated rings. The Balaban J connectivity index is 1.61. The number of amides is 2. The summed E-state index contributed by atoms with van der Waals surface area (Å²) in [4.78, 5) is 44.9. The number of anilines is 4. The average Bonchev–Trinajstić information content (AvgIpc) is 2.76. The van der Waals surface area contributed by atoms with Crippen LogP contribution in [0, 0.1) is 6.92 Å². The Kier molecular flexibility index (Phi) is 5.83. The first kappa shape index (κ1) is 21.4. The molecular formula is C22H20ClN5O4. The molecule has 10 heteroatoms. The number of methoxy groups -OCH3 is 1. The van der Waals surface area contributed by atoms with E-state index in [1.165, 1.54) is 0 Å². The van der Waals surface area contributed by atoms with Crippen LogP contribution in [-0.4, -0.2) is 28.9 Å². The van der Waals surface area contributed by atoms with E-state index in [1.54, 1.807) is 49.6 Å².